The molecule has 1 amide bonds. The van der Waals surface area contributed by atoms with Crippen LogP contribution >= 0.6 is 0 Å². The highest BCUT2D eigenvalue weighted by molar-refractivity contribution is 6.01. The molecule has 0 saturated heterocycles. The third-order valence-electron chi connectivity index (χ3n) is 5.06. The van der Waals surface area contributed by atoms with Crippen molar-refractivity contribution in [1.29, 1.82) is 0 Å². The number of benzene rings is 2. The fraction of sp³-hybridized carbons (Fsp3) is 0.125. The number of pyridine rings is 2. The third kappa shape index (κ3) is 4.44. The van der Waals surface area contributed by atoms with Crippen molar-refractivity contribution in [2.24, 2.45) is 0 Å². The molecule has 0 aliphatic rings. The highest BCUT2D eigenvalue weighted by Crippen LogP contribution is 2.28. The number of aliphatic hydroxyl groups is 1. The fourth-order valence-electron chi connectivity index (χ4n) is 3.56. The van der Waals surface area contributed by atoms with Crippen molar-refractivity contribution < 1.29 is 23.8 Å². The largest absolute Gasteiger partial charge is 0.505 e. The van der Waals surface area contributed by atoms with E-state index in [0.717, 1.165) is 16.2 Å². The standard InChI is InChI=1S/C24H19F2N3O4/c25-16-6-4-14(5-7-16)10-15-11-19-21(28-13-15)22(31)20(23(32)27-8-9-30)24(33)29(19)18-3-1-2-17(26)12-18/h1-7,11-13,30-31H,8-10H2,(H,27,32). The number of amides is 1. The summed E-state index contributed by atoms with van der Waals surface area (Å²) >= 11 is 0. The maximum Gasteiger partial charge on any atom is 0.272 e. The first kappa shape index (κ1) is 22.1. The first-order chi connectivity index (χ1) is 15.9. The average molecular weight is 451 g/mol. The molecule has 0 radical (unpaired) electrons. The number of aromatic hydroxyl groups is 1. The lowest BCUT2D eigenvalue weighted by Gasteiger charge is -2.15. The highest BCUT2D eigenvalue weighted by Gasteiger charge is 2.24. The van der Waals surface area contributed by atoms with Crippen LogP contribution in [0.2, 0.25) is 0 Å². The maximum absolute atomic E-state index is 14.0. The van der Waals surface area contributed by atoms with Gasteiger partial charge in [-0.05, 0) is 53.9 Å². The van der Waals surface area contributed by atoms with Crippen LogP contribution in [0.1, 0.15) is 21.5 Å². The lowest BCUT2D eigenvalue weighted by Crippen LogP contribution is -2.34. The Morgan fingerprint density at radius 3 is 2.48 bits per heavy atom. The minimum atomic E-state index is -0.893. The van der Waals surface area contributed by atoms with E-state index in [1.165, 1.54) is 36.5 Å². The Hall–Kier alpha value is -4.11. The van der Waals surface area contributed by atoms with Crippen LogP contribution in [0, 0.1) is 11.6 Å². The molecule has 0 atom stereocenters. The van der Waals surface area contributed by atoms with Gasteiger partial charge in [-0.1, -0.05) is 18.2 Å². The number of hydrogen-bond donors (Lipinski definition) is 3. The van der Waals surface area contributed by atoms with E-state index in [0.29, 0.717) is 12.0 Å². The molecule has 0 aliphatic carbocycles. The molecule has 0 bridgehead atoms. The van der Waals surface area contributed by atoms with E-state index in [1.807, 2.05) is 0 Å². The number of aromatic nitrogens is 2. The minimum Gasteiger partial charge on any atom is -0.505 e. The predicted octanol–water partition coefficient (Wildman–Crippen LogP) is 2.68. The Morgan fingerprint density at radius 2 is 1.79 bits per heavy atom. The Balaban J connectivity index is 1.94. The molecule has 168 valence electrons. The van der Waals surface area contributed by atoms with Gasteiger partial charge in [-0.3, -0.25) is 19.1 Å². The molecule has 0 spiro atoms. The molecule has 2 aromatic heterocycles. The highest BCUT2D eigenvalue weighted by atomic mass is 19.1. The van der Waals surface area contributed by atoms with E-state index in [-0.39, 0.29) is 35.7 Å². The molecular formula is C24H19F2N3O4. The second kappa shape index (κ2) is 9.17. The SMILES string of the molecule is O=C(NCCO)c1c(O)c2ncc(Cc3ccc(F)cc3)cc2n(-c2cccc(F)c2)c1=O. The topological polar surface area (TPSA) is 104 Å². The number of aliphatic hydroxyl groups excluding tert-OH is 1. The molecule has 4 aromatic rings. The number of fused-ring (bicyclic) bond motifs is 1. The van der Waals surface area contributed by atoms with Crippen LogP contribution in [-0.2, 0) is 6.42 Å². The van der Waals surface area contributed by atoms with Gasteiger partial charge >= 0.3 is 0 Å². The zero-order chi connectivity index (χ0) is 23.5. The van der Waals surface area contributed by atoms with E-state index in [1.54, 1.807) is 18.2 Å². The quantitative estimate of drug-likeness (QED) is 0.418. The number of carbonyl (C=O) groups excluding carboxylic acids is 1. The zero-order valence-corrected chi connectivity index (χ0v) is 17.3. The van der Waals surface area contributed by atoms with E-state index < -0.39 is 28.6 Å². The van der Waals surface area contributed by atoms with Crippen LogP contribution in [0.3, 0.4) is 0 Å². The number of carbonyl (C=O) groups is 1. The van der Waals surface area contributed by atoms with Crippen LogP contribution in [0.5, 0.6) is 5.75 Å². The van der Waals surface area contributed by atoms with E-state index in [2.05, 4.69) is 10.3 Å². The number of hydrogen-bond acceptors (Lipinski definition) is 5. The molecule has 9 heteroatoms. The third-order valence-corrected chi connectivity index (χ3v) is 5.06. The van der Waals surface area contributed by atoms with Crippen molar-refractivity contribution in [3.05, 3.63) is 99.5 Å². The van der Waals surface area contributed by atoms with Crippen molar-refractivity contribution in [3.8, 4) is 11.4 Å². The Kier molecular flexibility index (Phi) is 6.14. The molecule has 7 nitrogen and oxygen atoms in total. The second-order valence-corrected chi connectivity index (χ2v) is 7.34. The fourth-order valence-corrected chi connectivity index (χ4v) is 3.56. The van der Waals surface area contributed by atoms with Crippen LogP contribution in [-0.4, -0.2) is 38.8 Å². The molecular weight excluding hydrogens is 432 g/mol. The molecule has 0 aliphatic heterocycles. The molecule has 3 N–H and O–H groups in total. The number of halogens is 2. The summed E-state index contributed by atoms with van der Waals surface area (Å²) in [4.78, 5) is 30.1. The minimum absolute atomic E-state index is 0.0316. The first-order valence-electron chi connectivity index (χ1n) is 10.0. The van der Waals surface area contributed by atoms with Gasteiger partial charge in [0.05, 0.1) is 17.8 Å². The van der Waals surface area contributed by atoms with Gasteiger partial charge in [-0.15, -0.1) is 0 Å². The van der Waals surface area contributed by atoms with Gasteiger partial charge in [0.2, 0.25) is 0 Å². The van der Waals surface area contributed by atoms with E-state index in [4.69, 9.17) is 5.11 Å². The summed E-state index contributed by atoms with van der Waals surface area (Å²) in [5.74, 6) is -2.48. The molecule has 0 fully saturated rings. The summed E-state index contributed by atoms with van der Waals surface area (Å²) in [6.45, 7) is -0.483. The van der Waals surface area contributed by atoms with Gasteiger partial charge in [0, 0.05) is 12.7 Å². The van der Waals surface area contributed by atoms with Gasteiger partial charge in [0.15, 0.2) is 5.75 Å². The smallest absolute Gasteiger partial charge is 0.272 e. The molecule has 0 unspecified atom stereocenters. The van der Waals surface area contributed by atoms with Gasteiger partial charge in [-0.25, -0.2) is 8.78 Å². The Bertz CT molecular complexity index is 1400. The van der Waals surface area contributed by atoms with Gasteiger partial charge < -0.3 is 15.5 Å². The average Bonchev–Trinajstić information content (AvgIpc) is 2.79. The van der Waals surface area contributed by atoms with Crippen molar-refractivity contribution in [2.45, 2.75) is 6.42 Å². The summed E-state index contributed by atoms with van der Waals surface area (Å²) in [5, 5.41) is 22.0. The summed E-state index contributed by atoms with van der Waals surface area (Å²) in [5.41, 5.74) is 0.275. The maximum atomic E-state index is 14.0. The van der Waals surface area contributed by atoms with Crippen LogP contribution in [0.4, 0.5) is 8.78 Å². The van der Waals surface area contributed by atoms with Gasteiger partial charge in [-0.2, -0.15) is 0 Å². The van der Waals surface area contributed by atoms with Gasteiger partial charge in [0.1, 0.15) is 22.7 Å². The van der Waals surface area contributed by atoms with Crippen molar-refractivity contribution in [2.75, 3.05) is 13.2 Å². The van der Waals surface area contributed by atoms with Crippen molar-refractivity contribution >= 4 is 16.9 Å². The molecule has 2 heterocycles. The van der Waals surface area contributed by atoms with Crippen LogP contribution in [0.15, 0.2) is 65.6 Å². The lowest BCUT2D eigenvalue weighted by molar-refractivity contribution is 0.0940. The molecule has 33 heavy (non-hydrogen) atoms. The zero-order valence-electron chi connectivity index (χ0n) is 17.3. The first-order valence-corrected chi connectivity index (χ1v) is 10.0. The second-order valence-electron chi connectivity index (χ2n) is 7.34. The van der Waals surface area contributed by atoms with Gasteiger partial charge in [0.25, 0.3) is 11.5 Å². The molecule has 2 aromatic carbocycles. The predicted molar refractivity (Wildman–Crippen MR) is 118 cm³/mol. The Labute approximate surface area is 186 Å². The number of nitrogens with one attached hydrogen (secondary N) is 1. The molecule has 4 rings (SSSR count). The van der Waals surface area contributed by atoms with E-state index in [9.17, 15) is 23.5 Å². The Morgan fingerprint density at radius 1 is 1.03 bits per heavy atom. The van der Waals surface area contributed by atoms with E-state index >= 15 is 0 Å². The summed E-state index contributed by atoms with van der Waals surface area (Å²) in [7, 11) is 0. The summed E-state index contributed by atoms with van der Waals surface area (Å²) < 4.78 is 28.3. The van der Waals surface area contributed by atoms with Crippen LogP contribution < -0.4 is 10.9 Å². The van der Waals surface area contributed by atoms with Crippen LogP contribution in [0.25, 0.3) is 16.7 Å². The summed E-state index contributed by atoms with van der Waals surface area (Å²) in [6.07, 6.45) is 1.83. The van der Waals surface area contributed by atoms with Crippen molar-refractivity contribution in [1.82, 2.24) is 14.9 Å². The lowest BCUT2D eigenvalue weighted by atomic mass is 10.0. The number of rotatable bonds is 6. The number of nitrogens with zero attached hydrogens (tertiary/aromatic N) is 2. The summed E-state index contributed by atoms with van der Waals surface area (Å²) in [6, 6.07) is 12.7. The normalized spacial score (nSPS) is 11.0. The van der Waals surface area contributed by atoms with Crippen molar-refractivity contribution in [3.63, 3.8) is 0 Å². The monoisotopic (exact) mass is 451 g/mol. The molecule has 0 saturated carbocycles.